The summed E-state index contributed by atoms with van der Waals surface area (Å²) in [6.07, 6.45) is -2.08. The number of carboxylic acids is 1. The molecule has 1 aromatic carbocycles. The first-order chi connectivity index (χ1) is 8.86. The molecule has 0 aliphatic carbocycles. The van der Waals surface area contributed by atoms with Gasteiger partial charge >= 0.3 is 5.97 Å². The molecule has 0 spiro atoms. The molecule has 2 N–H and O–H groups in total. The van der Waals surface area contributed by atoms with Gasteiger partial charge in [0.25, 0.3) is 5.69 Å². The minimum atomic E-state index is -1.99. The molecular formula is C11H10ClNO6. The number of Topliss-reactive ketones (excluding diaryl/α,β-unsaturated/α-hetero) is 1. The Morgan fingerprint density at radius 2 is 2.05 bits per heavy atom. The SMILES string of the molecule is O=C(CCl)Cc1ccc(C(O)C(=O)O)c([N+](=O)[O-])c1. The number of rotatable bonds is 6. The quantitative estimate of drug-likeness (QED) is 0.459. The fourth-order valence-electron chi connectivity index (χ4n) is 1.50. The number of hydrogen-bond donors (Lipinski definition) is 2. The second-order valence-electron chi connectivity index (χ2n) is 3.74. The van der Waals surface area contributed by atoms with E-state index in [1.165, 1.54) is 6.07 Å². The molecule has 19 heavy (non-hydrogen) atoms. The lowest BCUT2D eigenvalue weighted by Crippen LogP contribution is -2.13. The van der Waals surface area contributed by atoms with Gasteiger partial charge in [0.05, 0.1) is 16.4 Å². The second-order valence-corrected chi connectivity index (χ2v) is 4.01. The van der Waals surface area contributed by atoms with Crippen molar-refractivity contribution >= 4 is 29.0 Å². The zero-order valence-electron chi connectivity index (χ0n) is 9.58. The normalized spacial score (nSPS) is 11.9. The van der Waals surface area contributed by atoms with E-state index in [4.69, 9.17) is 16.7 Å². The number of nitrogens with zero attached hydrogens (tertiary/aromatic N) is 1. The fourth-order valence-corrected chi connectivity index (χ4v) is 1.59. The number of carbonyl (C=O) groups excluding carboxylic acids is 1. The molecule has 0 radical (unpaired) electrons. The number of carboxylic acid groups (broad SMARTS) is 1. The van der Waals surface area contributed by atoms with Crippen LogP contribution in [0.1, 0.15) is 17.2 Å². The Morgan fingerprint density at radius 3 is 2.53 bits per heavy atom. The number of aliphatic hydroxyl groups excluding tert-OH is 1. The predicted molar refractivity (Wildman–Crippen MR) is 65.1 cm³/mol. The van der Waals surface area contributed by atoms with Gasteiger partial charge in [0.2, 0.25) is 0 Å². The molecule has 0 aliphatic rings. The zero-order chi connectivity index (χ0) is 14.6. The number of benzene rings is 1. The van der Waals surface area contributed by atoms with Gasteiger partial charge in [0.15, 0.2) is 11.9 Å². The van der Waals surface area contributed by atoms with Crippen LogP contribution in [0.5, 0.6) is 0 Å². The molecule has 1 aromatic rings. The molecule has 0 saturated carbocycles. The smallest absolute Gasteiger partial charge is 0.337 e. The van der Waals surface area contributed by atoms with Crippen molar-refractivity contribution < 1.29 is 24.7 Å². The summed E-state index contributed by atoms with van der Waals surface area (Å²) in [5, 5.41) is 28.9. The van der Waals surface area contributed by atoms with Crippen LogP contribution in [0, 0.1) is 10.1 Å². The molecule has 0 amide bonds. The first kappa shape index (κ1) is 15.1. The summed E-state index contributed by atoms with van der Waals surface area (Å²) in [7, 11) is 0. The van der Waals surface area contributed by atoms with E-state index in [1.54, 1.807) is 0 Å². The first-order valence-electron chi connectivity index (χ1n) is 5.12. The van der Waals surface area contributed by atoms with Gasteiger partial charge in [-0.25, -0.2) is 4.79 Å². The number of nitro groups is 1. The van der Waals surface area contributed by atoms with Gasteiger partial charge in [0.1, 0.15) is 0 Å². The van der Waals surface area contributed by atoms with Crippen LogP contribution >= 0.6 is 11.6 Å². The number of carbonyl (C=O) groups is 2. The van der Waals surface area contributed by atoms with E-state index in [2.05, 4.69) is 0 Å². The Labute approximate surface area is 112 Å². The van der Waals surface area contributed by atoms with Crippen molar-refractivity contribution in [3.05, 3.63) is 39.4 Å². The van der Waals surface area contributed by atoms with Gasteiger partial charge < -0.3 is 10.2 Å². The van der Waals surface area contributed by atoms with Crippen molar-refractivity contribution in [3.8, 4) is 0 Å². The largest absolute Gasteiger partial charge is 0.479 e. The molecule has 7 nitrogen and oxygen atoms in total. The highest BCUT2D eigenvalue weighted by atomic mass is 35.5. The summed E-state index contributed by atoms with van der Waals surface area (Å²) in [6, 6.07) is 3.53. The van der Waals surface area contributed by atoms with Crippen LogP contribution < -0.4 is 0 Å². The molecule has 1 unspecified atom stereocenters. The number of alkyl halides is 1. The summed E-state index contributed by atoms with van der Waals surface area (Å²) in [5.74, 6) is -2.12. The Kier molecular flexibility index (Phi) is 4.96. The monoisotopic (exact) mass is 287 g/mol. The Morgan fingerprint density at radius 1 is 1.42 bits per heavy atom. The molecule has 0 bridgehead atoms. The van der Waals surface area contributed by atoms with Crippen molar-refractivity contribution in [1.29, 1.82) is 0 Å². The third-order valence-electron chi connectivity index (χ3n) is 2.37. The van der Waals surface area contributed by atoms with Gasteiger partial charge in [-0.05, 0) is 11.6 Å². The average Bonchev–Trinajstić information content (AvgIpc) is 2.37. The molecule has 0 aromatic heterocycles. The number of aliphatic hydroxyl groups is 1. The van der Waals surface area contributed by atoms with E-state index in [0.717, 1.165) is 12.1 Å². The maximum atomic E-state index is 11.1. The second kappa shape index (κ2) is 6.26. The summed E-state index contributed by atoms with van der Waals surface area (Å²) in [5.41, 5.74) is -0.548. The van der Waals surface area contributed by atoms with Crippen molar-refractivity contribution in [3.63, 3.8) is 0 Å². The topological polar surface area (TPSA) is 118 Å². The van der Waals surface area contributed by atoms with Crippen molar-refractivity contribution in [2.45, 2.75) is 12.5 Å². The van der Waals surface area contributed by atoms with E-state index in [1.807, 2.05) is 0 Å². The van der Waals surface area contributed by atoms with Crippen LogP contribution in [0.2, 0.25) is 0 Å². The molecule has 0 fully saturated rings. The third kappa shape index (κ3) is 3.73. The lowest BCUT2D eigenvalue weighted by Gasteiger charge is -2.08. The molecule has 102 valence electrons. The Hall–Kier alpha value is -1.99. The van der Waals surface area contributed by atoms with E-state index in [9.17, 15) is 24.8 Å². The van der Waals surface area contributed by atoms with Gasteiger partial charge in [0, 0.05) is 12.5 Å². The minimum Gasteiger partial charge on any atom is -0.479 e. The standard InChI is InChI=1S/C11H10ClNO6/c12-5-7(14)3-6-1-2-8(10(15)11(16)17)9(4-6)13(18)19/h1-2,4,10,15H,3,5H2,(H,16,17). The minimum absolute atomic E-state index is 0.0895. The molecule has 0 heterocycles. The highest BCUT2D eigenvalue weighted by Crippen LogP contribution is 2.27. The third-order valence-corrected chi connectivity index (χ3v) is 2.67. The number of aliphatic carboxylic acids is 1. The number of ketones is 1. The number of nitro benzene ring substituents is 1. The Balaban J connectivity index is 3.18. The van der Waals surface area contributed by atoms with E-state index in [0.29, 0.717) is 5.56 Å². The van der Waals surface area contributed by atoms with Crippen molar-refractivity contribution in [2.75, 3.05) is 5.88 Å². The molecule has 0 saturated heterocycles. The summed E-state index contributed by atoms with van der Waals surface area (Å²) in [6.45, 7) is 0. The molecule has 1 atom stereocenters. The zero-order valence-corrected chi connectivity index (χ0v) is 10.3. The number of hydrogen-bond acceptors (Lipinski definition) is 5. The van der Waals surface area contributed by atoms with Gasteiger partial charge in [-0.3, -0.25) is 14.9 Å². The lowest BCUT2D eigenvalue weighted by atomic mass is 10.0. The van der Waals surface area contributed by atoms with Crippen molar-refractivity contribution in [1.82, 2.24) is 0 Å². The van der Waals surface area contributed by atoms with Crippen LogP contribution in [0.25, 0.3) is 0 Å². The van der Waals surface area contributed by atoms with Crippen LogP contribution in [-0.2, 0) is 16.0 Å². The van der Waals surface area contributed by atoms with Crippen LogP contribution in [0.3, 0.4) is 0 Å². The Bertz CT molecular complexity index is 530. The van der Waals surface area contributed by atoms with Gasteiger partial charge in [-0.2, -0.15) is 0 Å². The van der Waals surface area contributed by atoms with E-state index >= 15 is 0 Å². The fraction of sp³-hybridized carbons (Fsp3) is 0.273. The maximum Gasteiger partial charge on any atom is 0.337 e. The van der Waals surface area contributed by atoms with Gasteiger partial charge in [-0.15, -0.1) is 11.6 Å². The molecule has 1 rings (SSSR count). The van der Waals surface area contributed by atoms with Crippen molar-refractivity contribution in [2.24, 2.45) is 0 Å². The summed E-state index contributed by atoms with van der Waals surface area (Å²) < 4.78 is 0. The van der Waals surface area contributed by atoms with E-state index < -0.39 is 22.7 Å². The summed E-state index contributed by atoms with van der Waals surface area (Å²) >= 11 is 5.33. The highest BCUT2D eigenvalue weighted by Gasteiger charge is 2.26. The molecule has 0 aliphatic heterocycles. The molecule has 8 heteroatoms. The van der Waals surface area contributed by atoms with Crippen LogP contribution in [-0.4, -0.2) is 32.8 Å². The first-order valence-corrected chi connectivity index (χ1v) is 5.66. The summed E-state index contributed by atoms with van der Waals surface area (Å²) in [4.78, 5) is 31.8. The molecular weight excluding hydrogens is 278 g/mol. The van der Waals surface area contributed by atoms with Gasteiger partial charge in [-0.1, -0.05) is 6.07 Å². The van der Waals surface area contributed by atoms with Crippen LogP contribution in [0.15, 0.2) is 18.2 Å². The highest BCUT2D eigenvalue weighted by molar-refractivity contribution is 6.27. The van der Waals surface area contributed by atoms with Crippen LogP contribution in [0.4, 0.5) is 5.69 Å². The average molecular weight is 288 g/mol. The maximum absolute atomic E-state index is 11.1. The lowest BCUT2D eigenvalue weighted by molar-refractivity contribution is -0.386. The van der Waals surface area contributed by atoms with E-state index in [-0.39, 0.29) is 23.6 Å². The predicted octanol–water partition coefficient (Wildman–Crippen LogP) is 1.06. The number of halogens is 1.